The molecular weight excluding hydrogens is 432 g/mol. The minimum atomic E-state index is -0.371. The number of hydrogen-bond donors (Lipinski definition) is 1. The van der Waals surface area contributed by atoms with E-state index < -0.39 is 0 Å². The molecule has 2 aliphatic rings. The van der Waals surface area contributed by atoms with E-state index in [0.717, 1.165) is 22.6 Å². The number of hydrogen-bond acceptors (Lipinski definition) is 9. The number of nitrogens with one attached hydrogen (secondary N) is 1. The Kier molecular flexibility index (Phi) is 6.66. The number of carbonyl (C=O) groups is 1. The molecule has 9 nitrogen and oxygen atoms in total. The number of aromatic nitrogens is 2. The average molecular weight is 453 g/mol. The highest BCUT2D eigenvalue weighted by atomic mass is 35.5. The molecule has 11 heteroatoms. The number of carbonyl (C=O) groups excluding carboxylic acids is 1. The van der Waals surface area contributed by atoms with Gasteiger partial charge in [-0.1, -0.05) is 11.6 Å². The van der Waals surface area contributed by atoms with Crippen molar-refractivity contribution in [3.63, 3.8) is 0 Å². The molecule has 30 heavy (non-hydrogen) atoms. The summed E-state index contributed by atoms with van der Waals surface area (Å²) in [6.45, 7) is 2.18. The van der Waals surface area contributed by atoms with Gasteiger partial charge in [0.05, 0.1) is 55.2 Å². The number of methoxy groups -OCH3 is 1. The van der Waals surface area contributed by atoms with E-state index in [4.69, 9.17) is 30.5 Å². The van der Waals surface area contributed by atoms with Crippen LogP contribution in [-0.4, -0.2) is 60.5 Å². The summed E-state index contributed by atoms with van der Waals surface area (Å²) >= 11 is 7.33. The zero-order valence-electron chi connectivity index (χ0n) is 16.3. The lowest BCUT2D eigenvalue weighted by Gasteiger charge is -2.21. The van der Waals surface area contributed by atoms with Crippen LogP contribution in [0.4, 0.5) is 10.5 Å². The van der Waals surface area contributed by atoms with Crippen molar-refractivity contribution in [1.29, 1.82) is 0 Å². The van der Waals surface area contributed by atoms with Gasteiger partial charge in [-0.25, -0.2) is 14.8 Å². The zero-order valence-corrected chi connectivity index (χ0v) is 17.9. The van der Waals surface area contributed by atoms with Crippen molar-refractivity contribution in [3.05, 3.63) is 35.1 Å². The number of anilines is 1. The van der Waals surface area contributed by atoms with Crippen molar-refractivity contribution in [2.24, 2.45) is 0 Å². The third-order valence-electron chi connectivity index (χ3n) is 4.56. The van der Waals surface area contributed by atoms with Gasteiger partial charge >= 0.3 is 6.09 Å². The van der Waals surface area contributed by atoms with Crippen LogP contribution in [0.3, 0.4) is 0 Å². The molecule has 0 saturated carbocycles. The summed E-state index contributed by atoms with van der Waals surface area (Å²) in [5, 5.41) is 0.510. The second-order valence-electron chi connectivity index (χ2n) is 6.69. The van der Waals surface area contributed by atoms with Crippen LogP contribution < -0.4 is 14.2 Å². The first-order valence-electron chi connectivity index (χ1n) is 9.40. The second kappa shape index (κ2) is 9.59. The first kappa shape index (κ1) is 20.8. The van der Waals surface area contributed by atoms with Crippen molar-refractivity contribution in [1.82, 2.24) is 14.9 Å². The Morgan fingerprint density at radius 2 is 2.23 bits per heavy atom. The molecule has 0 aliphatic carbocycles. The zero-order chi connectivity index (χ0) is 20.9. The summed E-state index contributed by atoms with van der Waals surface area (Å²) in [6, 6.07) is 3.65. The van der Waals surface area contributed by atoms with Gasteiger partial charge in [-0.3, -0.25) is 0 Å². The Morgan fingerprint density at radius 1 is 1.33 bits per heavy atom. The van der Waals surface area contributed by atoms with E-state index >= 15 is 0 Å². The molecule has 1 saturated heterocycles. The molecule has 0 spiro atoms. The first-order valence-corrected chi connectivity index (χ1v) is 10.6. The lowest BCUT2D eigenvalue weighted by Crippen LogP contribution is -2.35. The van der Waals surface area contributed by atoms with Gasteiger partial charge in [-0.2, -0.15) is 0 Å². The van der Waals surface area contributed by atoms with Gasteiger partial charge in [0.1, 0.15) is 12.7 Å². The van der Waals surface area contributed by atoms with Gasteiger partial charge in [0.15, 0.2) is 0 Å². The largest absolute Gasteiger partial charge is 0.480 e. The fourth-order valence-electron chi connectivity index (χ4n) is 3.06. The first-order chi connectivity index (χ1) is 14.6. The summed E-state index contributed by atoms with van der Waals surface area (Å²) < 4.78 is 25.0. The number of nitrogens with zero attached hydrogens (tertiary/aromatic N) is 3. The molecule has 160 valence electrons. The predicted molar refractivity (Wildman–Crippen MR) is 111 cm³/mol. The van der Waals surface area contributed by atoms with Crippen LogP contribution in [0.2, 0.25) is 5.02 Å². The van der Waals surface area contributed by atoms with Crippen molar-refractivity contribution >= 4 is 35.3 Å². The van der Waals surface area contributed by atoms with Crippen LogP contribution in [0.1, 0.15) is 12.0 Å². The molecule has 1 N–H and O–H groups in total. The maximum Gasteiger partial charge on any atom is 0.410 e. The smallest absolute Gasteiger partial charge is 0.410 e. The van der Waals surface area contributed by atoms with Crippen LogP contribution in [0, 0.1) is 0 Å². The van der Waals surface area contributed by atoms with E-state index in [1.807, 2.05) is 6.07 Å². The normalized spacial score (nSPS) is 18.2. The number of pyridine rings is 2. The van der Waals surface area contributed by atoms with Crippen LogP contribution in [0.5, 0.6) is 11.8 Å². The minimum Gasteiger partial charge on any atom is -0.480 e. The molecular formula is C19H21ClN4O5S. The molecule has 1 amide bonds. The Balaban J connectivity index is 1.44. The summed E-state index contributed by atoms with van der Waals surface area (Å²) in [4.78, 5) is 23.4. The van der Waals surface area contributed by atoms with E-state index in [0.29, 0.717) is 49.7 Å². The second-order valence-corrected chi connectivity index (χ2v) is 7.98. The summed E-state index contributed by atoms with van der Waals surface area (Å²) in [5.41, 5.74) is 1.53. The highest BCUT2D eigenvalue weighted by molar-refractivity contribution is 8.00. The molecule has 2 aromatic rings. The third-order valence-corrected chi connectivity index (χ3v) is 5.61. The Bertz CT molecular complexity index is 912. The molecule has 0 aromatic carbocycles. The Labute approximate surface area is 183 Å². The van der Waals surface area contributed by atoms with Crippen molar-refractivity contribution < 1.29 is 23.7 Å². The van der Waals surface area contributed by atoms with Crippen LogP contribution in [0.25, 0.3) is 0 Å². The lowest BCUT2D eigenvalue weighted by atomic mass is 10.2. The fourth-order valence-corrected chi connectivity index (χ4v) is 4.03. The minimum absolute atomic E-state index is 0.190. The van der Waals surface area contributed by atoms with Crippen molar-refractivity contribution in [2.45, 2.75) is 24.0 Å². The number of amides is 1. The van der Waals surface area contributed by atoms with E-state index in [1.165, 1.54) is 18.1 Å². The lowest BCUT2D eigenvalue weighted by molar-refractivity contribution is 0.0516. The van der Waals surface area contributed by atoms with Gasteiger partial charge in [-0.05, 0) is 24.1 Å². The highest BCUT2D eigenvalue weighted by Crippen LogP contribution is 2.32. The van der Waals surface area contributed by atoms with Gasteiger partial charge < -0.3 is 28.6 Å². The van der Waals surface area contributed by atoms with Crippen LogP contribution >= 0.6 is 23.5 Å². The standard InChI is InChI=1S/C19H21ClN4O5S/c1-26-18-16(7-13(20)8-21-18)30-23-14-6-12-10-24(3-5-28-17(12)22-9-14)19(25)29-15-2-4-27-11-15/h6-9,15,23H,2-5,10-11H2,1H3. The van der Waals surface area contributed by atoms with Gasteiger partial charge in [0.2, 0.25) is 11.8 Å². The SMILES string of the molecule is COc1ncc(Cl)cc1SNc1cnc2c(c1)CN(C(=O)OC1CCOC1)CCO2. The Morgan fingerprint density at radius 3 is 3.03 bits per heavy atom. The Hall–Kier alpha value is -2.43. The maximum atomic E-state index is 12.5. The monoisotopic (exact) mass is 452 g/mol. The summed E-state index contributed by atoms with van der Waals surface area (Å²) in [6.07, 6.45) is 3.35. The van der Waals surface area contributed by atoms with E-state index in [1.54, 1.807) is 24.3 Å². The third kappa shape index (κ3) is 5.00. The topological polar surface area (TPSA) is 95.0 Å². The van der Waals surface area contributed by atoms with E-state index in [-0.39, 0.29) is 12.2 Å². The molecule has 1 fully saturated rings. The molecule has 0 radical (unpaired) electrons. The average Bonchev–Trinajstić information content (AvgIpc) is 3.16. The van der Waals surface area contributed by atoms with Gasteiger partial charge in [0, 0.05) is 18.2 Å². The van der Waals surface area contributed by atoms with Crippen molar-refractivity contribution in [3.8, 4) is 11.8 Å². The quantitative estimate of drug-likeness (QED) is 0.685. The van der Waals surface area contributed by atoms with Crippen LogP contribution in [-0.2, 0) is 16.0 Å². The summed E-state index contributed by atoms with van der Waals surface area (Å²) in [5.74, 6) is 0.972. The molecule has 1 unspecified atom stereocenters. The number of rotatable bonds is 5. The maximum absolute atomic E-state index is 12.5. The van der Waals surface area contributed by atoms with Gasteiger partial charge in [0.25, 0.3) is 0 Å². The number of halogens is 1. The van der Waals surface area contributed by atoms with Crippen LogP contribution in [0.15, 0.2) is 29.4 Å². The number of ether oxygens (including phenoxy) is 4. The summed E-state index contributed by atoms with van der Waals surface area (Å²) in [7, 11) is 1.55. The van der Waals surface area contributed by atoms with Gasteiger partial charge in [-0.15, -0.1) is 0 Å². The van der Waals surface area contributed by atoms with E-state index in [9.17, 15) is 4.79 Å². The fraction of sp³-hybridized carbons (Fsp3) is 0.421. The highest BCUT2D eigenvalue weighted by Gasteiger charge is 2.26. The molecule has 2 aliphatic heterocycles. The molecule has 0 bridgehead atoms. The predicted octanol–water partition coefficient (Wildman–Crippen LogP) is 3.38. The number of fused-ring (bicyclic) bond motifs is 1. The van der Waals surface area contributed by atoms with Crippen molar-refractivity contribution in [2.75, 3.05) is 38.2 Å². The molecule has 4 heterocycles. The molecule has 2 aromatic heterocycles. The molecule has 1 atom stereocenters. The molecule has 4 rings (SSSR count). The van der Waals surface area contributed by atoms with E-state index in [2.05, 4.69) is 14.7 Å².